The monoisotopic (exact) mass is 288 g/mol. The van der Waals surface area contributed by atoms with Crippen molar-refractivity contribution in [2.45, 2.75) is 44.2 Å². The fraction of sp³-hybridized carbons (Fsp3) is 0.667. The minimum atomic E-state index is -3.33. The Kier molecular flexibility index (Phi) is 4.11. The lowest BCUT2D eigenvalue weighted by atomic mass is 10.2. The van der Waals surface area contributed by atoms with Gasteiger partial charge < -0.3 is 5.73 Å². The van der Waals surface area contributed by atoms with Crippen LogP contribution in [0.5, 0.6) is 0 Å². The Labute approximate surface area is 113 Å². The lowest BCUT2D eigenvalue weighted by Crippen LogP contribution is -2.35. The highest BCUT2D eigenvalue weighted by molar-refractivity contribution is 7.89. The van der Waals surface area contributed by atoms with E-state index in [2.05, 4.69) is 0 Å². The van der Waals surface area contributed by atoms with Crippen LogP contribution in [0.2, 0.25) is 0 Å². The van der Waals surface area contributed by atoms with Gasteiger partial charge in [0.1, 0.15) is 0 Å². The van der Waals surface area contributed by atoms with Crippen LogP contribution in [-0.2, 0) is 16.6 Å². The molecule has 2 rings (SSSR count). The van der Waals surface area contributed by atoms with Crippen molar-refractivity contribution in [2.24, 2.45) is 11.7 Å². The van der Waals surface area contributed by atoms with Gasteiger partial charge in [0.25, 0.3) is 0 Å². The van der Waals surface area contributed by atoms with Crippen LogP contribution in [0.4, 0.5) is 0 Å². The summed E-state index contributed by atoms with van der Waals surface area (Å²) >= 11 is 1.41. The van der Waals surface area contributed by atoms with E-state index in [1.165, 1.54) is 11.3 Å². The van der Waals surface area contributed by atoms with Crippen molar-refractivity contribution in [3.8, 4) is 0 Å². The molecule has 0 amide bonds. The first kappa shape index (κ1) is 14.0. The molecule has 1 aromatic heterocycles. The Hall–Kier alpha value is -0.430. The predicted octanol–water partition coefficient (Wildman–Crippen LogP) is 2.02. The molecule has 1 aromatic rings. The van der Waals surface area contributed by atoms with E-state index in [0.717, 1.165) is 17.7 Å². The molecule has 0 radical (unpaired) electrons. The average Bonchev–Trinajstić information content (AvgIpc) is 3.01. The Morgan fingerprint density at radius 3 is 2.61 bits per heavy atom. The second-order valence-electron chi connectivity index (χ2n) is 5.15. The van der Waals surface area contributed by atoms with E-state index in [0.29, 0.717) is 23.9 Å². The zero-order valence-corrected chi connectivity index (χ0v) is 12.4. The van der Waals surface area contributed by atoms with Gasteiger partial charge in [0.2, 0.25) is 10.0 Å². The van der Waals surface area contributed by atoms with Crippen molar-refractivity contribution < 1.29 is 8.42 Å². The second kappa shape index (κ2) is 5.28. The maximum atomic E-state index is 12.6. The van der Waals surface area contributed by atoms with Gasteiger partial charge in [-0.15, -0.1) is 11.3 Å². The zero-order valence-electron chi connectivity index (χ0n) is 10.8. The number of hydrogen-bond donors (Lipinski definition) is 1. The first-order valence-corrected chi connectivity index (χ1v) is 8.56. The van der Waals surface area contributed by atoms with Gasteiger partial charge in [-0.05, 0) is 24.8 Å². The van der Waals surface area contributed by atoms with Gasteiger partial charge in [-0.3, -0.25) is 0 Å². The highest BCUT2D eigenvalue weighted by atomic mass is 32.2. The summed E-state index contributed by atoms with van der Waals surface area (Å²) in [6.07, 6.45) is 1.97. The van der Waals surface area contributed by atoms with Crippen LogP contribution in [-0.4, -0.2) is 25.3 Å². The summed E-state index contributed by atoms with van der Waals surface area (Å²) in [7, 11) is -3.33. The molecule has 102 valence electrons. The predicted molar refractivity (Wildman–Crippen MR) is 74.0 cm³/mol. The third-order valence-electron chi connectivity index (χ3n) is 2.94. The quantitative estimate of drug-likeness (QED) is 0.871. The van der Waals surface area contributed by atoms with Gasteiger partial charge in [0, 0.05) is 29.4 Å². The van der Waals surface area contributed by atoms with Crippen LogP contribution in [0.3, 0.4) is 0 Å². The summed E-state index contributed by atoms with van der Waals surface area (Å²) < 4.78 is 26.8. The fourth-order valence-electron chi connectivity index (χ4n) is 1.90. The maximum absolute atomic E-state index is 12.6. The molecule has 0 unspecified atom stereocenters. The van der Waals surface area contributed by atoms with Crippen molar-refractivity contribution in [1.29, 1.82) is 0 Å². The van der Waals surface area contributed by atoms with E-state index >= 15 is 0 Å². The molecule has 18 heavy (non-hydrogen) atoms. The molecule has 1 heterocycles. The number of nitrogens with two attached hydrogens (primary N) is 1. The van der Waals surface area contributed by atoms with Gasteiger partial charge in [-0.1, -0.05) is 13.8 Å². The van der Waals surface area contributed by atoms with Crippen LogP contribution in [0, 0.1) is 5.92 Å². The van der Waals surface area contributed by atoms with Crippen molar-refractivity contribution in [3.05, 3.63) is 16.3 Å². The van der Waals surface area contributed by atoms with Crippen molar-refractivity contribution >= 4 is 21.4 Å². The van der Waals surface area contributed by atoms with Crippen molar-refractivity contribution in [1.82, 2.24) is 4.31 Å². The normalized spacial score (nSPS) is 16.7. The molecular formula is C12H20N2O2S2. The van der Waals surface area contributed by atoms with Gasteiger partial charge in [-0.2, -0.15) is 4.31 Å². The average molecular weight is 288 g/mol. The lowest BCUT2D eigenvalue weighted by Gasteiger charge is -2.23. The number of thiophene rings is 1. The summed E-state index contributed by atoms with van der Waals surface area (Å²) in [4.78, 5) is 1.31. The molecule has 6 heteroatoms. The molecule has 0 aromatic carbocycles. The first-order chi connectivity index (χ1) is 8.45. The van der Waals surface area contributed by atoms with Gasteiger partial charge in [0.05, 0.1) is 4.90 Å². The van der Waals surface area contributed by atoms with E-state index in [-0.39, 0.29) is 6.04 Å². The summed E-state index contributed by atoms with van der Waals surface area (Å²) in [5.74, 6) is 0.341. The third-order valence-corrected chi connectivity index (χ3v) is 5.94. The molecule has 0 bridgehead atoms. The summed E-state index contributed by atoms with van der Waals surface area (Å²) in [6.45, 7) is 5.09. The highest BCUT2D eigenvalue weighted by Crippen LogP contribution is 2.33. The molecule has 4 nitrogen and oxygen atoms in total. The SMILES string of the molecule is CC(C)CN(C1CC1)S(=O)(=O)c1csc(CN)c1. The van der Waals surface area contributed by atoms with E-state index in [1.54, 1.807) is 15.8 Å². The van der Waals surface area contributed by atoms with Crippen molar-refractivity contribution in [3.63, 3.8) is 0 Å². The minimum Gasteiger partial charge on any atom is -0.326 e. The van der Waals surface area contributed by atoms with Gasteiger partial charge >= 0.3 is 0 Å². The molecule has 1 saturated carbocycles. The number of hydrogen-bond acceptors (Lipinski definition) is 4. The highest BCUT2D eigenvalue weighted by Gasteiger charge is 2.38. The zero-order chi connectivity index (χ0) is 13.3. The van der Waals surface area contributed by atoms with Crippen LogP contribution in [0.15, 0.2) is 16.3 Å². The molecular weight excluding hydrogens is 268 g/mol. The number of rotatable bonds is 6. The molecule has 0 spiro atoms. The van der Waals surface area contributed by atoms with Crippen LogP contribution < -0.4 is 5.73 Å². The molecule has 1 fully saturated rings. The Morgan fingerprint density at radius 1 is 1.50 bits per heavy atom. The topological polar surface area (TPSA) is 63.4 Å². The van der Waals surface area contributed by atoms with E-state index in [1.807, 2.05) is 13.8 Å². The van der Waals surface area contributed by atoms with E-state index < -0.39 is 10.0 Å². The Bertz CT molecular complexity index is 504. The summed E-state index contributed by atoms with van der Waals surface area (Å²) in [6, 6.07) is 1.91. The fourth-order valence-corrected chi connectivity index (χ4v) is 4.90. The molecule has 0 atom stereocenters. The first-order valence-electron chi connectivity index (χ1n) is 6.24. The third kappa shape index (κ3) is 2.93. The summed E-state index contributed by atoms with van der Waals surface area (Å²) in [5, 5.41) is 1.70. The number of sulfonamides is 1. The van der Waals surface area contributed by atoms with Gasteiger partial charge in [-0.25, -0.2) is 8.42 Å². The maximum Gasteiger partial charge on any atom is 0.244 e. The molecule has 2 N–H and O–H groups in total. The smallest absolute Gasteiger partial charge is 0.244 e. The second-order valence-corrected chi connectivity index (χ2v) is 8.04. The standard InChI is InChI=1S/C12H20N2O2S2/c1-9(2)7-14(10-3-4-10)18(15,16)12-5-11(6-13)17-8-12/h5,8-10H,3-4,6-7,13H2,1-2H3. The van der Waals surface area contributed by atoms with Crippen LogP contribution in [0.1, 0.15) is 31.6 Å². The minimum absolute atomic E-state index is 0.207. The molecule has 0 saturated heterocycles. The van der Waals surface area contributed by atoms with Crippen LogP contribution >= 0.6 is 11.3 Å². The number of nitrogens with zero attached hydrogens (tertiary/aromatic N) is 1. The van der Waals surface area contributed by atoms with E-state index in [9.17, 15) is 8.42 Å². The largest absolute Gasteiger partial charge is 0.326 e. The molecule has 0 aliphatic heterocycles. The molecule has 1 aliphatic rings. The van der Waals surface area contributed by atoms with Crippen LogP contribution in [0.25, 0.3) is 0 Å². The lowest BCUT2D eigenvalue weighted by molar-refractivity contribution is 0.360. The Balaban J connectivity index is 2.26. The molecule has 1 aliphatic carbocycles. The van der Waals surface area contributed by atoms with Gasteiger partial charge in [0.15, 0.2) is 0 Å². The van der Waals surface area contributed by atoms with Crippen molar-refractivity contribution in [2.75, 3.05) is 6.54 Å². The Morgan fingerprint density at radius 2 is 2.17 bits per heavy atom. The van der Waals surface area contributed by atoms with E-state index in [4.69, 9.17) is 5.73 Å². The summed E-state index contributed by atoms with van der Waals surface area (Å²) in [5.41, 5.74) is 5.54.